The van der Waals surface area contributed by atoms with Crippen molar-refractivity contribution < 1.29 is 13.2 Å². The molecular formula is C18H32N4O3S. The molecule has 1 saturated heterocycles. The number of sulfonamides is 1. The Morgan fingerprint density at radius 3 is 2.77 bits per heavy atom. The number of hydrogen-bond donors (Lipinski definition) is 1. The van der Waals surface area contributed by atoms with E-state index in [0.29, 0.717) is 25.9 Å². The third kappa shape index (κ3) is 5.30. The number of rotatable bonds is 9. The maximum atomic E-state index is 12.6. The first kappa shape index (κ1) is 20.9. The molecule has 2 unspecified atom stereocenters. The van der Waals surface area contributed by atoms with E-state index < -0.39 is 16.1 Å². The Hall–Kier alpha value is -1.41. The first-order valence-corrected chi connectivity index (χ1v) is 11.1. The van der Waals surface area contributed by atoms with Crippen LogP contribution in [0.3, 0.4) is 0 Å². The Morgan fingerprint density at radius 2 is 2.15 bits per heavy atom. The fraction of sp³-hybridized carbons (Fsp3) is 0.778. The highest BCUT2D eigenvalue weighted by atomic mass is 32.2. The van der Waals surface area contributed by atoms with Crippen LogP contribution in [0.5, 0.6) is 0 Å². The van der Waals surface area contributed by atoms with Gasteiger partial charge in [-0.25, -0.2) is 8.42 Å². The van der Waals surface area contributed by atoms with Gasteiger partial charge in [-0.2, -0.15) is 9.40 Å². The summed E-state index contributed by atoms with van der Waals surface area (Å²) in [4.78, 5) is 12.6. The third-order valence-electron chi connectivity index (χ3n) is 4.83. The fourth-order valence-corrected chi connectivity index (χ4v) is 5.28. The van der Waals surface area contributed by atoms with Crippen LogP contribution in [0, 0.1) is 19.8 Å². The number of amides is 1. The van der Waals surface area contributed by atoms with Crippen molar-refractivity contribution in [1.82, 2.24) is 19.4 Å². The summed E-state index contributed by atoms with van der Waals surface area (Å²) in [5.74, 6) is 0.160. The van der Waals surface area contributed by atoms with Gasteiger partial charge in [0.15, 0.2) is 0 Å². The van der Waals surface area contributed by atoms with Crippen molar-refractivity contribution in [3.05, 3.63) is 17.5 Å². The van der Waals surface area contributed by atoms with Crippen molar-refractivity contribution in [2.75, 3.05) is 18.8 Å². The van der Waals surface area contributed by atoms with Crippen molar-refractivity contribution in [2.45, 2.75) is 66.0 Å². The lowest BCUT2D eigenvalue weighted by atomic mass is 10.1. The number of carbonyl (C=O) groups excluding carboxylic acids is 1. The van der Waals surface area contributed by atoms with E-state index in [1.54, 1.807) is 0 Å². The van der Waals surface area contributed by atoms with Gasteiger partial charge in [0.1, 0.15) is 6.04 Å². The van der Waals surface area contributed by atoms with Gasteiger partial charge in [-0.1, -0.05) is 20.3 Å². The molecule has 148 valence electrons. The van der Waals surface area contributed by atoms with E-state index in [0.717, 1.165) is 30.8 Å². The quantitative estimate of drug-likeness (QED) is 0.704. The summed E-state index contributed by atoms with van der Waals surface area (Å²) in [7, 11) is -3.35. The van der Waals surface area contributed by atoms with Gasteiger partial charge in [0.25, 0.3) is 0 Å². The van der Waals surface area contributed by atoms with Crippen molar-refractivity contribution >= 4 is 15.9 Å². The second kappa shape index (κ2) is 8.99. The molecule has 0 aliphatic carbocycles. The van der Waals surface area contributed by atoms with Crippen LogP contribution in [0.4, 0.5) is 0 Å². The van der Waals surface area contributed by atoms with Crippen LogP contribution in [-0.2, 0) is 21.4 Å². The van der Waals surface area contributed by atoms with E-state index in [2.05, 4.69) is 17.3 Å². The van der Waals surface area contributed by atoms with Gasteiger partial charge in [-0.05, 0) is 45.1 Å². The van der Waals surface area contributed by atoms with Crippen LogP contribution < -0.4 is 5.32 Å². The molecule has 0 spiro atoms. The molecule has 1 aromatic heterocycles. The first-order valence-electron chi connectivity index (χ1n) is 9.53. The van der Waals surface area contributed by atoms with Crippen molar-refractivity contribution in [2.24, 2.45) is 5.92 Å². The van der Waals surface area contributed by atoms with E-state index >= 15 is 0 Å². The Bertz CT molecular complexity index is 714. The van der Waals surface area contributed by atoms with Crippen molar-refractivity contribution in [3.63, 3.8) is 0 Å². The molecule has 2 heterocycles. The fourth-order valence-electron chi connectivity index (χ4n) is 3.39. The summed E-state index contributed by atoms with van der Waals surface area (Å²) >= 11 is 0. The molecule has 1 N–H and O–H groups in total. The summed E-state index contributed by atoms with van der Waals surface area (Å²) in [6.45, 7) is 9.69. The van der Waals surface area contributed by atoms with Gasteiger partial charge >= 0.3 is 0 Å². The minimum atomic E-state index is -3.35. The molecule has 0 saturated carbocycles. The van der Waals surface area contributed by atoms with Crippen molar-refractivity contribution in [1.29, 1.82) is 0 Å². The zero-order valence-corrected chi connectivity index (χ0v) is 17.2. The van der Waals surface area contributed by atoms with E-state index in [9.17, 15) is 13.2 Å². The van der Waals surface area contributed by atoms with Gasteiger partial charge in [-0.3, -0.25) is 9.48 Å². The third-order valence-corrected chi connectivity index (χ3v) is 6.79. The summed E-state index contributed by atoms with van der Waals surface area (Å²) in [5.41, 5.74) is 2.09. The molecule has 1 aliphatic heterocycles. The van der Waals surface area contributed by atoms with Gasteiger partial charge in [0.2, 0.25) is 15.9 Å². The average molecular weight is 385 g/mol. The molecule has 1 amide bonds. The largest absolute Gasteiger partial charge is 0.354 e. The zero-order valence-electron chi connectivity index (χ0n) is 16.4. The number of unbranched alkanes of at least 4 members (excludes halogenated alkanes) is 1. The second-order valence-corrected chi connectivity index (χ2v) is 9.44. The summed E-state index contributed by atoms with van der Waals surface area (Å²) in [6.07, 6.45) is 2.80. The maximum Gasteiger partial charge on any atom is 0.238 e. The van der Waals surface area contributed by atoms with E-state index in [-0.39, 0.29) is 17.6 Å². The van der Waals surface area contributed by atoms with Gasteiger partial charge in [0, 0.05) is 25.3 Å². The standard InChI is InChI=1S/C18H32N4O3S/c1-5-6-10-26(24,25)22-9-7-8-17(22)18(23)19-12-14(2)13-21-16(4)11-15(3)20-21/h11,14,17H,5-10,12-13H2,1-4H3,(H,19,23). The van der Waals surface area contributed by atoms with Crippen LogP contribution in [0.15, 0.2) is 6.07 Å². The van der Waals surface area contributed by atoms with Crippen LogP contribution in [0.2, 0.25) is 0 Å². The minimum absolute atomic E-state index is 0.127. The smallest absolute Gasteiger partial charge is 0.238 e. The predicted molar refractivity (Wildman–Crippen MR) is 102 cm³/mol. The molecular weight excluding hydrogens is 352 g/mol. The summed E-state index contributed by atoms with van der Waals surface area (Å²) in [5, 5.41) is 7.39. The Kier molecular flexibility index (Phi) is 7.23. The SMILES string of the molecule is CCCCS(=O)(=O)N1CCCC1C(=O)NCC(C)Cn1nc(C)cc1C. The van der Waals surface area contributed by atoms with E-state index in [1.807, 2.05) is 31.5 Å². The summed E-state index contributed by atoms with van der Waals surface area (Å²) in [6, 6.07) is 1.47. The number of nitrogens with one attached hydrogen (secondary N) is 1. The van der Waals surface area contributed by atoms with Crippen LogP contribution in [-0.4, -0.2) is 53.3 Å². The van der Waals surface area contributed by atoms with Gasteiger partial charge in [0.05, 0.1) is 11.4 Å². The molecule has 1 aliphatic rings. The highest BCUT2D eigenvalue weighted by Gasteiger charge is 2.38. The molecule has 8 heteroatoms. The van der Waals surface area contributed by atoms with E-state index in [4.69, 9.17) is 0 Å². The number of carbonyl (C=O) groups is 1. The van der Waals surface area contributed by atoms with E-state index in [1.165, 1.54) is 4.31 Å². The highest BCUT2D eigenvalue weighted by molar-refractivity contribution is 7.89. The molecule has 26 heavy (non-hydrogen) atoms. The first-order chi connectivity index (χ1) is 12.2. The summed E-state index contributed by atoms with van der Waals surface area (Å²) < 4.78 is 28.3. The van der Waals surface area contributed by atoms with Crippen LogP contribution >= 0.6 is 0 Å². The lowest BCUT2D eigenvalue weighted by Gasteiger charge is -2.24. The molecule has 0 aromatic carbocycles. The topological polar surface area (TPSA) is 84.3 Å². The minimum Gasteiger partial charge on any atom is -0.354 e. The average Bonchev–Trinajstić information content (AvgIpc) is 3.18. The number of aromatic nitrogens is 2. The molecule has 1 fully saturated rings. The Morgan fingerprint density at radius 1 is 1.42 bits per heavy atom. The predicted octanol–water partition coefficient (Wildman–Crippen LogP) is 1.85. The molecule has 0 bridgehead atoms. The normalized spacial score (nSPS) is 19.6. The van der Waals surface area contributed by atoms with Gasteiger partial charge < -0.3 is 5.32 Å². The molecule has 0 radical (unpaired) electrons. The zero-order chi connectivity index (χ0) is 19.3. The molecule has 2 rings (SSSR count). The number of aryl methyl sites for hydroxylation is 2. The lowest BCUT2D eigenvalue weighted by Crippen LogP contribution is -2.47. The lowest BCUT2D eigenvalue weighted by molar-refractivity contribution is -0.124. The maximum absolute atomic E-state index is 12.6. The van der Waals surface area contributed by atoms with Crippen LogP contribution in [0.1, 0.15) is 50.9 Å². The van der Waals surface area contributed by atoms with Crippen LogP contribution in [0.25, 0.3) is 0 Å². The molecule has 2 atom stereocenters. The number of hydrogen-bond acceptors (Lipinski definition) is 4. The van der Waals surface area contributed by atoms with Gasteiger partial charge in [-0.15, -0.1) is 0 Å². The molecule has 7 nitrogen and oxygen atoms in total. The van der Waals surface area contributed by atoms with Crippen molar-refractivity contribution in [3.8, 4) is 0 Å². The highest BCUT2D eigenvalue weighted by Crippen LogP contribution is 2.22. The second-order valence-electron chi connectivity index (χ2n) is 7.40. The Labute approximate surface area is 157 Å². The molecule has 1 aromatic rings. The monoisotopic (exact) mass is 384 g/mol. The number of nitrogens with zero attached hydrogens (tertiary/aromatic N) is 3. The Balaban J connectivity index is 1.89.